The molecule has 2 bridgehead atoms. The van der Waals surface area contributed by atoms with Gasteiger partial charge in [0.25, 0.3) is 5.91 Å². The Morgan fingerprint density at radius 2 is 2.00 bits per heavy atom. The van der Waals surface area contributed by atoms with Gasteiger partial charge in [-0.05, 0) is 62.3 Å². The molecule has 0 spiro atoms. The van der Waals surface area contributed by atoms with Crippen LogP contribution >= 0.6 is 11.3 Å². The molecular weight excluding hydrogens is 394 g/mol. The molecule has 3 fully saturated rings. The summed E-state index contributed by atoms with van der Waals surface area (Å²) in [6.45, 7) is 4.83. The van der Waals surface area contributed by atoms with Crippen LogP contribution in [0.5, 0.6) is 0 Å². The molecule has 1 saturated carbocycles. The van der Waals surface area contributed by atoms with Gasteiger partial charge in [0.05, 0.1) is 11.6 Å². The Balaban J connectivity index is 1.44. The van der Waals surface area contributed by atoms with E-state index in [1.807, 2.05) is 43.8 Å². The van der Waals surface area contributed by atoms with Gasteiger partial charge >= 0.3 is 0 Å². The van der Waals surface area contributed by atoms with Gasteiger partial charge in [0.15, 0.2) is 0 Å². The van der Waals surface area contributed by atoms with Gasteiger partial charge in [0.2, 0.25) is 0 Å². The molecule has 3 unspecified atom stereocenters. The molecular formula is C23H25N5OS. The van der Waals surface area contributed by atoms with Crippen LogP contribution in [0.3, 0.4) is 0 Å². The van der Waals surface area contributed by atoms with E-state index in [-0.39, 0.29) is 18.0 Å². The zero-order chi connectivity index (χ0) is 20.7. The van der Waals surface area contributed by atoms with Gasteiger partial charge in [-0.1, -0.05) is 6.07 Å². The number of carbonyl (C=O) groups excluding carboxylic acids is 1. The van der Waals surface area contributed by atoms with Crippen molar-refractivity contribution in [1.82, 2.24) is 19.9 Å². The Morgan fingerprint density at radius 1 is 1.13 bits per heavy atom. The average Bonchev–Trinajstić information content (AvgIpc) is 3.30. The predicted molar refractivity (Wildman–Crippen MR) is 119 cm³/mol. The second-order valence-corrected chi connectivity index (χ2v) is 9.32. The van der Waals surface area contributed by atoms with E-state index >= 15 is 0 Å². The minimum absolute atomic E-state index is 0.0643. The van der Waals surface area contributed by atoms with Crippen molar-refractivity contribution in [3.8, 4) is 10.7 Å². The van der Waals surface area contributed by atoms with Crippen LogP contribution in [-0.4, -0.2) is 44.4 Å². The maximum Gasteiger partial charge on any atom is 0.256 e. The summed E-state index contributed by atoms with van der Waals surface area (Å²) in [6, 6.07) is 6.43. The fourth-order valence-electron chi connectivity index (χ4n) is 4.72. The fraction of sp³-hybridized carbons (Fsp3) is 0.391. The second-order valence-electron chi connectivity index (χ2n) is 8.42. The predicted octanol–water partition coefficient (Wildman–Crippen LogP) is 4.32. The van der Waals surface area contributed by atoms with Gasteiger partial charge in [-0.25, -0.2) is 9.97 Å². The molecule has 154 valence electrons. The number of aryl methyl sites for hydroxylation is 2. The highest BCUT2D eigenvalue weighted by Crippen LogP contribution is 2.38. The van der Waals surface area contributed by atoms with E-state index in [1.54, 1.807) is 6.20 Å². The van der Waals surface area contributed by atoms with Crippen LogP contribution in [0.4, 0.5) is 5.82 Å². The molecule has 1 amide bonds. The third-order valence-corrected chi connectivity index (χ3v) is 6.95. The Labute approximate surface area is 180 Å². The van der Waals surface area contributed by atoms with E-state index in [0.717, 1.165) is 41.3 Å². The van der Waals surface area contributed by atoms with Crippen molar-refractivity contribution in [3.05, 3.63) is 58.9 Å². The molecule has 3 aromatic heterocycles. The third-order valence-electron chi connectivity index (χ3n) is 6.17. The lowest BCUT2D eigenvalue weighted by Crippen LogP contribution is -2.59. The summed E-state index contributed by atoms with van der Waals surface area (Å²) in [4.78, 5) is 29.3. The van der Waals surface area contributed by atoms with Crippen LogP contribution in [0.2, 0.25) is 0 Å². The lowest BCUT2D eigenvalue weighted by molar-refractivity contribution is 0.0282. The normalized spacial score (nSPS) is 22.9. The number of amides is 1. The Kier molecular flexibility index (Phi) is 4.98. The van der Waals surface area contributed by atoms with Crippen molar-refractivity contribution in [2.24, 2.45) is 5.92 Å². The van der Waals surface area contributed by atoms with E-state index in [4.69, 9.17) is 0 Å². The standard InChI is InChI=1S/C23H25N5OS/c1-14-3-6-20(25-11-14)27-18-10-16-4-5-19(18)28(13-16)23(29)17-9-15(2)12-26-21(17)22-24-7-8-30-22/h3,6-9,11-12,16,18-19H,4-5,10,13H2,1-2H3,(H,25,27). The number of rotatable bonds is 4. The van der Waals surface area contributed by atoms with Crippen molar-refractivity contribution >= 4 is 23.1 Å². The molecule has 3 aliphatic rings. The molecule has 6 nitrogen and oxygen atoms in total. The van der Waals surface area contributed by atoms with E-state index in [2.05, 4.69) is 31.2 Å². The molecule has 0 aromatic carbocycles. The minimum Gasteiger partial charge on any atom is -0.365 e. The van der Waals surface area contributed by atoms with Crippen molar-refractivity contribution in [2.75, 3.05) is 11.9 Å². The van der Waals surface area contributed by atoms with Gasteiger partial charge in [-0.2, -0.15) is 0 Å². The zero-order valence-corrected chi connectivity index (χ0v) is 18.0. The molecule has 3 aromatic rings. The highest BCUT2D eigenvalue weighted by Gasteiger charge is 2.43. The molecule has 2 saturated heterocycles. The van der Waals surface area contributed by atoms with Crippen LogP contribution < -0.4 is 5.32 Å². The number of aromatic nitrogens is 3. The van der Waals surface area contributed by atoms with Crippen LogP contribution in [0.25, 0.3) is 10.7 Å². The summed E-state index contributed by atoms with van der Waals surface area (Å²) < 4.78 is 0. The molecule has 5 heterocycles. The largest absolute Gasteiger partial charge is 0.365 e. The molecule has 1 aliphatic carbocycles. The molecule has 1 N–H and O–H groups in total. The molecule has 2 aliphatic heterocycles. The van der Waals surface area contributed by atoms with Crippen molar-refractivity contribution < 1.29 is 4.79 Å². The second kappa shape index (κ2) is 7.80. The first kappa shape index (κ1) is 19.2. The van der Waals surface area contributed by atoms with Crippen LogP contribution in [0.1, 0.15) is 40.7 Å². The fourth-order valence-corrected chi connectivity index (χ4v) is 5.37. The number of nitrogens with zero attached hydrogens (tertiary/aromatic N) is 4. The molecule has 0 radical (unpaired) electrons. The number of pyridine rings is 2. The van der Waals surface area contributed by atoms with Crippen LogP contribution in [0.15, 0.2) is 42.2 Å². The maximum atomic E-state index is 13.7. The number of piperidine rings is 2. The van der Waals surface area contributed by atoms with Gasteiger partial charge in [0, 0.05) is 36.6 Å². The first-order valence-electron chi connectivity index (χ1n) is 10.4. The van der Waals surface area contributed by atoms with E-state index in [9.17, 15) is 4.79 Å². The maximum absolute atomic E-state index is 13.7. The van der Waals surface area contributed by atoms with Crippen molar-refractivity contribution in [2.45, 2.75) is 45.2 Å². The smallest absolute Gasteiger partial charge is 0.256 e. The number of nitrogens with one attached hydrogen (secondary N) is 1. The minimum atomic E-state index is 0.0643. The number of thiazole rings is 1. The molecule has 30 heavy (non-hydrogen) atoms. The van der Waals surface area contributed by atoms with Crippen molar-refractivity contribution in [1.29, 1.82) is 0 Å². The quantitative estimate of drug-likeness (QED) is 0.682. The Hall–Kier alpha value is -2.80. The summed E-state index contributed by atoms with van der Waals surface area (Å²) in [5.74, 6) is 1.46. The average molecular weight is 420 g/mol. The lowest BCUT2D eigenvalue weighted by Gasteiger charge is -2.50. The Morgan fingerprint density at radius 3 is 2.73 bits per heavy atom. The number of fused-ring (bicyclic) bond motifs is 3. The summed E-state index contributed by atoms with van der Waals surface area (Å²) in [6.07, 6.45) is 8.72. The molecule has 6 rings (SSSR count). The Bertz CT molecular complexity index is 1050. The zero-order valence-electron chi connectivity index (χ0n) is 17.2. The van der Waals surface area contributed by atoms with Crippen LogP contribution in [0, 0.1) is 19.8 Å². The number of carbonyl (C=O) groups is 1. The first-order valence-corrected chi connectivity index (χ1v) is 11.3. The number of hydrogen-bond donors (Lipinski definition) is 1. The van der Waals surface area contributed by atoms with Gasteiger partial charge < -0.3 is 10.2 Å². The first-order chi connectivity index (χ1) is 14.6. The third kappa shape index (κ3) is 3.58. The monoisotopic (exact) mass is 419 g/mol. The van der Waals surface area contributed by atoms with Crippen LogP contribution in [-0.2, 0) is 0 Å². The lowest BCUT2D eigenvalue weighted by atomic mass is 9.76. The van der Waals surface area contributed by atoms with E-state index in [0.29, 0.717) is 17.2 Å². The number of anilines is 1. The molecule has 3 atom stereocenters. The summed E-state index contributed by atoms with van der Waals surface area (Å²) >= 11 is 1.51. The van der Waals surface area contributed by atoms with E-state index < -0.39 is 0 Å². The van der Waals surface area contributed by atoms with E-state index in [1.165, 1.54) is 17.8 Å². The van der Waals surface area contributed by atoms with Gasteiger partial charge in [-0.3, -0.25) is 9.78 Å². The SMILES string of the molecule is Cc1ccc(NC2CC3CCC2N(C(=O)c2cc(C)cnc2-c2nccs2)C3)nc1. The summed E-state index contributed by atoms with van der Waals surface area (Å²) in [5, 5.41) is 6.31. The van der Waals surface area contributed by atoms with Crippen molar-refractivity contribution in [3.63, 3.8) is 0 Å². The van der Waals surface area contributed by atoms with Gasteiger partial charge in [-0.15, -0.1) is 11.3 Å². The topological polar surface area (TPSA) is 71.0 Å². The number of hydrogen-bond acceptors (Lipinski definition) is 6. The highest BCUT2D eigenvalue weighted by molar-refractivity contribution is 7.13. The highest BCUT2D eigenvalue weighted by atomic mass is 32.1. The van der Waals surface area contributed by atoms with Gasteiger partial charge in [0.1, 0.15) is 16.5 Å². The summed E-state index contributed by atoms with van der Waals surface area (Å²) in [7, 11) is 0. The summed E-state index contributed by atoms with van der Waals surface area (Å²) in [5.41, 5.74) is 3.47. The molecule has 7 heteroatoms.